The molecule has 6 nitrogen and oxygen atoms in total. The van der Waals surface area contributed by atoms with E-state index in [0.29, 0.717) is 50.6 Å². The molecule has 4 saturated carbocycles. The van der Waals surface area contributed by atoms with Gasteiger partial charge in [0.1, 0.15) is 0 Å². The van der Waals surface area contributed by atoms with Crippen LogP contribution in [0.1, 0.15) is 89.2 Å². The number of allylic oxidation sites excluding steroid dienone is 1. The summed E-state index contributed by atoms with van der Waals surface area (Å²) in [5.74, 6) is 0.833. The van der Waals surface area contributed by atoms with E-state index in [1.165, 1.54) is 24.0 Å². The van der Waals surface area contributed by atoms with Crippen molar-refractivity contribution in [2.75, 3.05) is 33.0 Å². The monoisotopic (exact) mass is 536 g/mol. The highest BCUT2D eigenvalue weighted by molar-refractivity contribution is 5.46. The fraction of sp³-hybridized carbons (Fsp3) is 0.758. The first-order valence-corrected chi connectivity index (χ1v) is 15.5. The molecule has 7 atom stereocenters. The summed E-state index contributed by atoms with van der Waals surface area (Å²) in [6.45, 7) is 10.0. The Morgan fingerprint density at radius 3 is 2.38 bits per heavy atom. The first-order chi connectivity index (χ1) is 18.8. The predicted octanol–water partition coefficient (Wildman–Crippen LogP) is 5.58. The minimum absolute atomic E-state index is 0.0374. The fourth-order valence-corrected chi connectivity index (χ4v) is 10.5. The average molecular weight is 537 g/mol. The van der Waals surface area contributed by atoms with Gasteiger partial charge < -0.3 is 28.8 Å². The largest absolute Gasteiger partial charge is 0.385 e. The molecule has 7 aliphatic rings. The number of hydrogen-bond donors (Lipinski definition) is 1. The Bertz CT molecular complexity index is 1180. The molecule has 6 heteroatoms. The molecule has 39 heavy (non-hydrogen) atoms. The number of ether oxygens (including phenoxy) is 5. The summed E-state index contributed by atoms with van der Waals surface area (Å²) in [6, 6.07) is 9.01. The Morgan fingerprint density at radius 1 is 0.949 bits per heavy atom. The second-order valence-electron chi connectivity index (χ2n) is 13.9. The first-order valence-electron chi connectivity index (χ1n) is 15.5. The molecule has 1 N–H and O–H groups in total. The molecular formula is C33H44O6. The zero-order valence-corrected chi connectivity index (χ0v) is 23.8. The summed E-state index contributed by atoms with van der Waals surface area (Å²) in [4.78, 5) is 0. The van der Waals surface area contributed by atoms with E-state index >= 15 is 0 Å². The third-order valence-electron chi connectivity index (χ3n) is 12.2. The number of aliphatic hydroxyl groups is 1. The molecule has 1 aromatic rings. The van der Waals surface area contributed by atoms with Crippen LogP contribution in [0.25, 0.3) is 0 Å². The highest BCUT2D eigenvalue weighted by atomic mass is 16.7. The molecule has 0 amide bonds. The van der Waals surface area contributed by atoms with E-state index < -0.39 is 17.2 Å². The minimum Gasteiger partial charge on any atom is -0.385 e. The van der Waals surface area contributed by atoms with Gasteiger partial charge in [-0.2, -0.15) is 0 Å². The summed E-state index contributed by atoms with van der Waals surface area (Å²) in [7, 11) is 0. The summed E-state index contributed by atoms with van der Waals surface area (Å²) in [5.41, 5.74) is 4.62. The van der Waals surface area contributed by atoms with Crippen molar-refractivity contribution in [1.82, 2.24) is 0 Å². The van der Waals surface area contributed by atoms with Crippen LogP contribution in [0.4, 0.5) is 0 Å². The van der Waals surface area contributed by atoms with Crippen LogP contribution in [0.3, 0.4) is 0 Å². The van der Waals surface area contributed by atoms with Gasteiger partial charge in [-0.05, 0) is 81.3 Å². The van der Waals surface area contributed by atoms with Gasteiger partial charge in [-0.15, -0.1) is 0 Å². The van der Waals surface area contributed by atoms with Crippen molar-refractivity contribution in [2.45, 2.75) is 101 Å². The molecule has 0 unspecified atom stereocenters. The van der Waals surface area contributed by atoms with E-state index in [9.17, 15) is 5.11 Å². The second kappa shape index (κ2) is 8.39. The van der Waals surface area contributed by atoms with Crippen LogP contribution in [0, 0.1) is 23.2 Å². The topological polar surface area (TPSA) is 66.4 Å². The lowest BCUT2D eigenvalue weighted by molar-refractivity contribution is -0.208. The third-order valence-corrected chi connectivity index (χ3v) is 12.2. The molecule has 2 aliphatic heterocycles. The average Bonchev–Trinajstić information content (AvgIpc) is 3.20. The minimum atomic E-state index is -0.835. The zero-order valence-electron chi connectivity index (χ0n) is 23.8. The van der Waals surface area contributed by atoms with Crippen molar-refractivity contribution in [1.29, 1.82) is 0 Å². The van der Waals surface area contributed by atoms with E-state index in [0.717, 1.165) is 44.3 Å². The lowest BCUT2D eigenvalue weighted by atomic mass is 9.50. The zero-order chi connectivity index (χ0) is 26.7. The number of benzene rings is 1. The number of fused-ring (bicyclic) bond motifs is 6. The Morgan fingerprint density at radius 2 is 1.67 bits per heavy atom. The maximum absolute atomic E-state index is 12.3. The van der Waals surface area contributed by atoms with E-state index in [2.05, 4.69) is 38.1 Å². The van der Waals surface area contributed by atoms with Gasteiger partial charge in [-0.3, -0.25) is 0 Å². The van der Waals surface area contributed by atoms with Crippen LogP contribution in [0.5, 0.6) is 0 Å². The summed E-state index contributed by atoms with van der Waals surface area (Å²) < 4.78 is 30.8. The van der Waals surface area contributed by atoms with Gasteiger partial charge in [0.2, 0.25) is 0 Å². The number of rotatable bonds is 4. The fourth-order valence-electron chi connectivity index (χ4n) is 10.5. The molecule has 8 rings (SSSR count). The summed E-state index contributed by atoms with van der Waals surface area (Å²) >= 11 is 0. The Balaban J connectivity index is 1.22. The van der Waals surface area contributed by atoms with Crippen LogP contribution in [0.15, 0.2) is 35.4 Å². The van der Waals surface area contributed by atoms with Crippen molar-refractivity contribution < 1.29 is 28.8 Å². The van der Waals surface area contributed by atoms with E-state index in [1.54, 1.807) is 5.57 Å². The van der Waals surface area contributed by atoms with E-state index in [-0.39, 0.29) is 16.9 Å². The maximum atomic E-state index is 12.3. The van der Waals surface area contributed by atoms with Crippen LogP contribution in [0.2, 0.25) is 0 Å². The Hall–Kier alpha value is -1.28. The van der Waals surface area contributed by atoms with Gasteiger partial charge >= 0.3 is 0 Å². The van der Waals surface area contributed by atoms with Gasteiger partial charge in [0.05, 0.1) is 37.6 Å². The van der Waals surface area contributed by atoms with E-state index in [4.69, 9.17) is 23.7 Å². The molecule has 212 valence electrons. The quantitative estimate of drug-likeness (QED) is 0.507. The van der Waals surface area contributed by atoms with Gasteiger partial charge in [0.15, 0.2) is 11.6 Å². The van der Waals surface area contributed by atoms with Gasteiger partial charge in [-0.25, -0.2) is 0 Å². The maximum Gasteiger partial charge on any atom is 0.192 e. The molecule has 0 radical (unpaired) electrons. The van der Waals surface area contributed by atoms with Gasteiger partial charge in [0, 0.05) is 36.3 Å². The summed E-state index contributed by atoms with van der Waals surface area (Å²) in [5, 5.41) is 12.3. The predicted molar refractivity (Wildman–Crippen MR) is 145 cm³/mol. The van der Waals surface area contributed by atoms with Crippen molar-refractivity contribution in [3.63, 3.8) is 0 Å². The van der Waals surface area contributed by atoms with Gasteiger partial charge in [-0.1, -0.05) is 36.8 Å². The van der Waals surface area contributed by atoms with E-state index in [1.807, 2.05) is 6.92 Å². The highest BCUT2D eigenvalue weighted by Gasteiger charge is 2.76. The Labute approximate surface area is 232 Å². The van der Waals surface area contributed by atoms with Crippen LogP contribution in [-0.4, -0.2) is 55.1 Å². The molecule has 2 saturated heterocycles. The molecule has 2 heterocycles. The standard InChI is InChI=1S/C33H44O6/c1-4-35-33-18-23(33)17-27-24-9-11-31(34)20-32(38-15-16-39-32)12-10-26(31)28(24)25(19-29(27,33)2)21-5-7-22(8-6-21)30(3)36-13-14-37-30/h5-8,23-25,27,34H,4,9-20H2,1-3H3/t23-,24-,25+,27-,29-,31+,33-/m0/s1. The molecule has 6 fully saturated rings. The van der Waals surface area contributed by atoms with Crippen LogP contribution in [-0.2, 0) is 29.5 Å². The van der Waals surface area contributed by atoms with Crippen molar-refractivity contribution in [2.24, 2.45) is 23.2 Å². The van der Waals surface area contributed by atoms with Crippen LogP contribution >= 0.6 is 0 Å². The number of hydrogen-bond acceptors (Lipinski definition) is 6. The SMILES string of the molecule is CCO[C@@]12C[C@@H]1C[C@H]1[C@@H]3CC[C@@]4(O)CC5(CCC4=C3[C@@H](c3ccc(C4(C)OCCO4)cc3)C[C@@]12C)OCCO5. The molecule has 5 aliphatic carbocycles. The van der Waals surface area contributed by atoms with Crippen molar-refractivity contribution in [3.8, 4) is 0 Å². The van der Waals surface area contributed by atoms with Gasteiger partial charge in [0.25, 0.3) is 0 Å². The lowest BCUT2D eigenvalue weighted by Gasteiger charge is -2.57. The van der Waals surface area contributed by atoms with Crippen molar-refractivity contribution in [3.05, 3.63) is 46.5 Å². The highest BCUT2D eigenvalue weighted by Crippen LogP contribution is 2.77. The molecule has 1 spiro atoms. The molecule has 0 aromatic heterocycles. The van der Waals surface area contributed by atoms with Crippen molar-refractivity contribution >= 4 is 0 Å². The molecule has 0 bridgehead atoms. The third kappa shape index (κ3) is 3.42. The normalized spacial score (nSPS) is 45.1. The molecule has 1 aromatic carbocycles. The van der Waals surface area contributed by atoms with Crippen LogP contribution < -0.4 is 0 Å². The first kappa shape index (κ1) is 25.4. The second-order valence-corrected chi connectivity index (χ2v) is 13.9. The molecular weight excluding hydrogens is 492 g/mol. The lowest BCUT2D eigenvalue weighted by Crippen LogP contribution is -2.54. The Kier molecular flexibility index (Phi) is 5.47. The smallest absolute Gasteiger partial charge is 0.192 e. The summed E-state index contributed by atoms with van der Waals surface area (Å²) in [6.07, 6.45) is 7.68.